The molecule has 0 saturated heterocycles. The highest BCUT2D eigenvalue weighted by Crippen LogP contribution is 2.31. The van der Waals surface area contributed by atoms with E-state index in [0.29, 0.717) is 15.2 Å². The molecule has 6 heteroatoms. The molecule has 1 atom stereocenters. The lowest BCUT2D eigenvalue weighted by atomic mass is 10.3. The van der Waals surface area contributed by atoms with E-state index in [4.69, 9.17) is 23.2 Å². The van der Waals surface area contributed by atoms with Crippen LogP contribution < -0.4 is 5.32 Å². The normalized spacial score (nSPS) is 12.6. The van der Waals surface area contributed by atoms with Crippen LogP contribution >= 0.6 is 39.1 Å². The van der Waals surface area contributed by atoms with E-state index in [1.54, 1.807) is 0 Å². The molecule has 0 spiro atoms. The van der Waals surface area contributed by atoms with Gasteiger partial charge in [0.1, 0.15) is 5.82 Å². The second-order valence-electron chi connectivity index (χ2n) is 2.94. The molecule has 2 N–H and O–H groups in total. The molecule has 15 heavy (non-hydrogen) atoms. The van der Waals surface area contributed by atoms with Crippen molar-refractivity contribution in [1.82, 2.24) is 0 Å². The summed E-state index contributed by atoms with van der Waals surface area (Å²) < 4.78 is 13.5. The predicted molar refractivity (Wildman–Crippen MR) is 64.3 cm³/mol. The van der Waals surface area contributed by atoms with Crippen molar-refractivity contribution in [2.45, 2.75) is 6.10 Å². The number of halogens is 4. The lowest BCUT2D eigenvalue weighted by Gasteiger charge is -2.12. The van der Waals surface area contributed by atoms with Gasteiger partial charge in [0.25, 0.3) is 0 Å². The van der Waals surface area contributed by atoms with Gasteiger partial charge in [0.05, 0.1) is 22.7 Å². The van der Waals surface area contributed by atoms with Crippen LogP contribution in [0.5, 0.6) is 0 Å². The van der Waals surface area contributed by atoms with Gasteiger partial charge in [-0.1, -0.05) is 11.6 Å². The summed E-state index contributed by atoms with van der Waals surface area (Å²) in [6, 6.07) is 2.53. The Morgan fingerprint density at radius 1 is 1.53 bits per heavy atom. The van der Waals surface area contributed by atoms with E-state index in [1.807, 2.05) is 0 Å². The molecule has 0 aliphatic heterocycles. The number of hydrogen-bond acceptors (Lipinski definition) is 2. The third-order valence-electron chi connectivity index (χ3n) is 1.70. The minimum Gasteiger partial charge on any atom is -0.390 e. The topological polar surface area (TPSA) is 32.3 Å². The summed E-state index contributed by atoms with van der Waals surface area (Å²) in [6.07, 6.45) is -0.690. The molecule has 0 fully saturated rings. The third-order valence-corrected chi connectivity index (χ3v) is 3.32. The van der Waals surface area contributed by atoms with Crippen molar-refractivity contribution in [3.8, 4) is 0 Å². The van der Waals surface area contributed by atoms with Crippen LogP contribution in [-0.2, 0) is 0 Å². The molecular weight excluding hydrogens is 308 g/mol. The molecule has 1 unspecified atom stereocenters. The number of aliphatic hydroxyl groups excluding tert-OH is 1. The maximum absolute atomic E-state index is 13.0. The average Bonchev–Trinajstić information content (AvgIpc) is 2.20. The van der Waals surface area contributed by atoms with Crippen LogP contribution in [0, 0.1) is 5.82 Å². The highest BCUT2D eigenvalue weighted by Gasteiger charge is 2.08. The highest BCUT2D eigenvalue weighted by atomic mass is 79.9. The number of anilines is 1. The second kappa shape index (κ2) is 5.89. The number of alkyl halides is 1. The first-order valence-corrected chi connectivity index (χ1v) is 5.87. The fraction of sp³-hybridized carbons (Fsp3) is 0.333. The first-order valence-electron chi connectivity index (χ1n) is 4.17. The van der Waals surface area contributed by atoms with E-state index in [2.05, 4.69) is 21.2 Å². The lowest BCUT2D eigenvalue weighted by molar-refractivity contribution is 0.211. The molecule has 0 heterocycles. The van der Waals surface area contributed by atoms with E-state index in [0.717, 1.165) is 0 Å². The molecule has 0 aliphatic carbocycles. The molecule has 2 nitrogen and oxygen atoms in total. The smallest absolute Gasteiger partial charge is 0.126 e. The van der Waals surface area contributed by atoms with E-state index in [9.17, 15) is 9.50 Å². The van der Waals surface area contributed by atoms with Gasteiger partial charge in [0.2, 0.25) is 0 Å². The molecule has 0 amide bonds. The Labute approximate surface area is 106 Å². The highest BCUT2D eigenvalue weighted by molar-refractivity contribution is 9.10. The number of hydrogen-bond donors (Lipinski definition) is 2. The molecule has 1 aromatic carbocycles. The first kappa shape index (κ1) is 13.0. The van der Waals surface area contributed by atoms with Crippen LogP contribution in [-0.4, -0.2) is 23.6 Å². The van der Waals surface area contributed by atoms with Gasteiger partial charge in [-0.2, -0.15) is 0 Å². The summed E-state index contributed by atoms with van der Waals surface area (Å²) in [6.45, 7) is 0.221. The van der Waals surface area contributed by atoms with Crippen molar-refractivity contribution in [3.63, 3.8) is 0 Å². The summed E-state index contributed by atoms with van der Waals surface area (Å²) in [5.74, 6) is -0.296. The van der Waals surface area contributed by atoms with Crippen molar-refractivity contribution in [3.05, 3.63) is 27.4 Å². The quantitative estimate of drug-likeness (QED) is 0.660. The van der Waals surface area contributed by atoms with Crippen LogP contribution in [0.15, 0.2) is 16.6 Å². The van der Waals surface area contributed by atoms with E-state index >= 15 is 0 Å². The molecule has 1 rings (SSSR count). The summed E-state index contributed by atoms with van der Waals surface area (Å²) in [7, 11) is 0. The maximum atomic E-state index is 13.0. The van der Waals surface area contributed by atoms with Gasteiger partial charge in [-0.05, 0) is 28.1 Å². The molecule has 0 aliphatic rings. The molecule has 84 valence electrons. The van der Waals surface area contributed by atoms with Gasteiger partial charge in [0, 0.05) is 11.0 Å². The largest absolute Gasteiger partial charge is 0.390 e. The third kappa shape index (κ3) is 3.79. The Balaban J connectivity index is 2.76. The van der Waals surface area contributed by atoms with Crippen molar-refractivity contribution in [2.75, 3.05) is 17.7 Å². The van der Waals surface area contributed by atoms with Crippen LogP contribution in [0.4, 0.5) is 10.1 Å². The van der Waals surface area contributed by atoms with Crippen LogP contribution in [0.1, 0.15) is 0 Å². The molecular formula is C9H9BrCl2FNO. The van der Waals surface area contributed by atoms with Gasteiger partial charge in [-0.25, -0.2) is 4.39 Å². The summed E-state index contributed by atoms with van der Waals surface area (Å²) in [4.78, 5) is 0. The van der Waals surface area contributed by atoms with Crippen LogP contribution in [0.2, 0.25) is 5.02 Å². The fourth-order valence-electron chi connectivity index (χ4n) is 0.967. The monoisotopic (exact) mass is 315 g/mol. The molecule has 0 saturated carbocycles. The lowest BCUT2D eigenvalue weighted by Crippen LogP contribution is -2.20. The molecule has 0 bridgehead atoms. The molecule has 0 aromatic heterocycles. The van der Waals surface area contributed by atoms with Gasteiger partial charge >= 0.3 is 0 Å². The Bertz CT molecular complexity index is 351. The van der Waals surface area contributed by atoms with Gasteiger partial charge in [-0.15, -0.1) is 11.6 Å². The number of nitrogens with one attached hydrogen (secondary N) is 1. The minimum absolute atomic E-state index is 0.112. The molecule has 1 aromatic rings. The Morgan fingerprint density at radius 2 is 2.20 bits per heavy atom. The number of rotatable bonds is 4. The summed E-state index contributed by atoms with van der Waals surface area (Å²) in [5.41, 5.74) is 0.424. The Morgan fingerprint density at radius 3 is 2.80 bits per heavy atom. The van der Waals surface area contributed by atoms with Gasteiger partial charge < -0.3 is 10.4 Å². The van der Waals surface area contributed by atoms with E-state index < -0.39 is 11.9 Å². The van der Waals surface area contributed by atoms with Gasteiger partial charge in [-0.3, -0.25) is 0 Å². The van der Waals surface area contributed by atoms with Gasteiger partial charge in [0.15, 0.2) is 0 Å². The van der Waals surface area contributed by atoms with E-state index in [-0.39, 0.29) is 12.4 Å². The number of aliphatic hydroxyl groups is 1. The van der Waals surface area contributed by atoms with E-state index in [1.165, 1.54) is 12.1 Å². The zero-order valence-electron chi connectivity index (χ0n) is 7.61. The zero-order chi connectivity index (χ0) is 11.4. The van der Waals surface area contributed by atoms with Crippen molar-refractivity contribution in [2.24, 2.45) is 0 Å². The Kier molecular flexibility index (Phi) is 5.12. The average molecular weight is 317 g/mol. The molecule has 0 radical (unpaired) electrons. The maximum Gasteiger partial charge on any atom is 0.126 e. The van der Waals surface area contributed by atoms with Crippen LogP contribution in [0.25, 0.3) is 0 Å². The van der Waals surface area contributed by atoms with Crippen molar-refractivity contribution < 1.29 is 9.50 Å². The fourth-order valence-corrected chi connectivity index (χ4v) is 1.68. The predicted octanol–water partition coefficient (Wildman–Crippen LogP) is 3.25. The summed E-state index contributed by atoms with van der Waals surface area (Å²) in [5, 5.41) is 12.4. The van der Waals surface area contributed by atoms with Crippen LogP contribution in [0.3, 0.4) is 0 Å². The minimum atomic E-state index is -0.690. The SMILES string of the molecule is OC(CCl)CNc1cc(F)cc(Br)c1Cl. The zero-order valence-corrected chi connectivity index (χ0v) is 10.7. The first-order chi connectivity index (χ1) is 7.04. The summed E-state index contributed by atoms with van der Waals surface area (Å²) >= 11 is 14.4. The standard InChI is InChI=1S/C9H9BrCl2FNO/c10-7-1-5(13)2-8(9(7)12)14-4-6(15)3-11/h1-2,6,14-15H,3-4H2. The number of benzene rings is 1. The Hall–Kier alpha value is -0.0300. The van der Waals surface area contributed by atoms with Crippen molar-refractivity contribution >= 4 is 44.8 Å². The second-order valence-corrected chi connectivity index (χ2v) is 4.48. The van der Waals surface area contributed by atoms with Crippen molar-refractivity contribution in [1.29, 1.82) is 0 Å².